The molecule has 0 radical (unpaired) electrons. The van der Waals surface area contributed by atoms with E-state index >= 15 is 0 Å². The fourth-order valence-electron chi connectivity index (χ4n) is 5.05. The van der Waals surface area contributed by atoms with E-state index in [1.807, 2.05) is 44.2 Å². The van der Waals surface area contributed by atoms with Crippen LogP contribution in [0.1, 0.15) is 48.5 Å². The average Bonchev–Trinajstić information content (AvgIpc) is 3.64. The molecule has 0 saturated carbocycles. The van der Waals surface area contributed by atoms with Gasteiger partial charge in [0.1, 0.15) is 57.4 Å². The number of para-hydroxylation sites is 1. The monoisotopic (exact) mass is 1220 g/mol. The molecule has 86 heavy (non-hydrogen) atoms. The van der Waals surface area contributed by atoms with Crippen LogP contribution in [0.3, 0.4) is 0 Å². The lowest BCUT2D eigenvalue weighted by atomic mass is 9.92. The van der Waals surface area contributed by atoms with Gasteiger partial charge in [-0.05, 0) is 39.1 Å². The Balaban J connectivity index is -0.000000169. The van der Waals surface area contributed by atoms with Gasteiger partial charge in [-0.3, -0.25) is 4.79 Å². The maximum atomic E-state index is 9.75. The fourth-order valence-corrected chi connectivity index (χ4v) is 5.05. The Morgan fingerprint density at radius 1 is 0.395 bits per heavy atom. The Labute approximate surface area is 519 Å². The van der Waals surface area contributed by atoms with Crippen molar-refractivity contribution in [1.29, 1.82) is 0 Å². The summed E-state index contributed by atoms with van der Waals surface area (Å²) in [6.07, 6.45) is 20.7. The van der Waals surface area contributed by atoms with Crippen LogP contribution in [0.4, 0.5) is 0 Å². The van der Waals surface area contributed by atoms with Crippen molar-refractivity contribution in [2.45, 2.75) is 48.5 Å². The number of esters is 1. The molecular weight excluding hydrogens is 1110 g/mol. The van der Waals surface area contributed by atoms with E-state index < -0.39 is 5.41 Å². The number of nitrogens with zero attached hydrogens (tertiary/aromatic N) is 1. The number of rotatable bonds is 49. The standard InChI is InChI=1S/C13H20O4.C11H18O3.C10H21NO2.C9H16O2.C8H14O3.C8H8O.C4H6O2.C4H8O/c1-5-14-9-13(10-15-6-2,11-16-7-3)12-17-8-4;1-5-12-8-11(4,9-13-6-2)10-14-7-3;1-4-11(5-2)7-8-13-10-9-12-6-3;1-5-10-7-9(3,4)8-11-6-2;1-3-9-5-7-11-8-6-10-4-2;1-2-9-8-6-4-3-5-7-8;1-3-6-4(2)5;1-3-5-4-2/h5-8H,1-4,9-12H2;5-7H,1-3,8-10H2,4H3;6H,3-5,7-10H2,1-2H3;5-6H,1-2,7-8H2,3-4H3;3-4H,1-2,5-8H2;2-7H,1H2;3H,1H2,2H3;3H,1,4H2,2H3. The second-order valence-corrected chi connectivity index (χ2v) is 17.1. The van der Waals surface area contributed by atoms with Crippen LogP contribution in [0.15, 0.2) is 223 Å². The number of benzene rings is 1. The molecule has 0 aliphatic rings. The van der Waals surface area contributed by atoms with E-state index in [1.54, 1.807) is 0 Å². The second-order valence-electron chi connectivity index (χ2n) is 17.1. The summed E-state index contributed by atoms with van der Waals surface area (Å²) >= 11 is 0. The van der Waals surface area contributed by atoms with Crippen molar-refractivity contribution in [3.05, 3.63) is 223 Å². The third kappa shape index (κ3) is 80.1. The van der Waals surface area contributed by atoms with Crippen LogP contribution >= 0.6 is 0 Å². The second kappa shape index (κ2) is 76.9. The highest BCUT2D eigenvalue weighted by molar-refractivity contribution is 5.66. The zero-order chi connectivity index (χ0) is 66.5. The fraction of sp³-hybridized carbons (Fsp3) is 0.448. The Bertz CT molecular complexity index is 1670. The smallest absolute Gasteiger partial charge is 0.307 e. The van der Waals surface area contributed by atoms with Crippen molar-refractivity contribution < 1.29 is 85.3 Å². The molecule has 0 atom stereocenters. The molecule has 1 aromatic rings. The highest BCUT2D eigenvalue weighted by Crippen LogP contribution is 2.22. The highest BCUT2D eigenvalue weighted by Gasteiger charge is 2.34. The molecule has 0 bridgehead atoms. The van der Waals surface area contributed by atoms with Gasteiger partial charge in [-0.2, -0.15) is 0 Å². The Morgan fingerprint density at radius 3 is 0.965 bits per heavy atom. The number of ether oxygens (including phenoxy) is 17. The van der Waals surface area contributed by atoms with Crippen molar-refractivity contribution in [2.75, 3.05) is 132 Å². The molecule has 1 rings (SSSR count). The summed E-state index contributed by atoms with van der Waals surface area (Å²) in [6.45, 7) is 77.4. The molecule has 19 nitrogen and oxygen atoms in total. The van der Waals surface area contributed by atoms with E-state index in [9.17, 15) is 4.79 Å². The summed E-state index contributed by atoms with van der Waals surface area (Å²) in [7, 11) is 0. The molecule has 0 N–H and O–H groups in total. The largest absolute Gasteiger partial charge is 0.502 e. The van der Waals surface area contributed by atoms with E-state index in [-0.39, 0.29) is 16.8 Å². The number of likely N-dealkylation sites (N-methyl/N-ethyl adjacent to an activating group) is 1. The van der Waals surface area contributed by atoms with Gasteiger partial charge in [0.2, 0.25) is 0 Å². The van der Waals surface area contributed by atoms with Gasteiger partial charge in [-0.25, -0.2) is 0 Å². The number of hydrogen-bond acceptors (Lipinski definition) is 19. The predicted octanol–water partition coefficient (Wildman–Crippen LogP) is 14.3. The Morgan fingerprint density at radius 2 is 0.709 bits per heavy atom. The van der Waals surface area contributed by atoms with Gasteiger partial charge in [-0.1, -0.05) is 145 Å². The van der Waals surface area contributed by atoms with E-state index in [4.69, 9.17) is 71.1 Å². The summed E-state index contributed by atoms with van der Waals surface area (Å²) in [5.74, 6) is 0.498. The lowest BCUT2D eigenvalue weighted by molar-refractivity contribution is -0.135. The topological polar surface area (TPSA) is 177 Å². The zero-order valence-corrected chi connectivity index (χ0v) is 53.6. The van der Waals surface area contributed by atoms with Gasteiger partial charge in [0, 0.05) is 18.9 Å². The lowest BCUT2D eigenvalue weighted by Gasteiger charge is -2.30. The summed E-state index contributed by atoms with van der Waals surface area (Å²) < 4.78 is 85.1. The minimum atomic E-state index is -0.468. The van der Waals surface area contributed by atoms with Gasteiger partial charge in [-0.15, -0.1) is 0 Å². The van der Waals surface area contributed by atoms with Gasteiger partial charge in [0.25, 0.3) is 0 Å². The van der Waals surface area contributed by atoms with Gasteiger partial charge < -0.3 is 85.4 Å². The van der Waals surface area contributed by atoms with Crippen LogP contribution < -0.4 is 4.74 Å². The summed E-state index contributed by atoms with van der Waals surface area (Å²) in [5, 5.41) is 0. The van der Waals surface area contributed by atoms with Crippen LogP contribution in [0.25, 0.3) is 0 Å². The minimum absolute atomic E-state index is 0.0162. The lowest BCUT2D eigenvalue weighted by Crippen LogP contribution is -2.40. The molecule has 0 amide bonds. The van der Waals surface area contributed by atoms with Crippen molar-refractivity contribution in [3.8, 4) is 5.75 Å². The molecule has 0 saturated heterocycles. The number of hydrogen-bond donors (Lipinski definition) is 0. The first-order valence-electron chi connectivity index (χ1n) is 27.3. The molecule has 0 aliphatic carbocycles. The number of carbonyl (C=O) groups excluding carboxylic acids is 1. The average molecular weight is 1220 g/mol. The Hall–Kier alpha value is -8.13. The number of carbonyl (C=O) groups is 1. The SMILES string of the molecule is C=COC(C)=O.C=COCC.C=COCC(C)(C)COC=C.C=COCC(C)(COC=C)COC=C.C=COCC(COC=C)(COC=C)COC=C.C=COCCOCCN(CC)CC.C=COCCOCCOC=C.C=COc1ccccc1. The quantitative estimate of drug-likeness (QED) is 0.0341. The zero-order valence-electron chi connectivity index (χ0n) is 53.6. The maximum Gasteiger partial charge on any atom is 0.307 e. The van der Waals surface area contributed by atoms with Crippen molar-refractivity contribution in [3.63, 3.8) is 0 Å². The molecule has 0 heterocycles. The normalized spacial score (nSPS) is 9.35. The van der Waals surface area contributed by atoms with Crippen LogP contribution in [0.2, 0.25) is 0 Å². The van der Waals surface area contributed by atoms with Crippen LogP contribution in [0.5, 0.6) is 5.75 Å². The van der Waals surface area contributed by atoms with Crippen molar-refractivity contribution >= 4 is 5.97 Å². The molecule has 492 valence electrons. The Kier molecular flexibility index (Phi) is 81.9. The molecule has 0 aliphatic heterocycles. The molecular formula is C67H111NO18. The molecule has 19 heteroatoms. The van der Waals surface area contributed by atoms with E-state index in [0.29, 0.717) is 99.1 Å². The molecule has 0 unspecified atom stereocenters. The summed E-state index contributed by atoms with van der Waals surface area (Å²) in [6, 6.07) is 9.52. The van der Waals surface area contributed by atoms with Crippen LogP contribution in [-0.4, -0.2) is 143 Å². The highest BCUT2D eigenvalue weighted by atomic mass is 16.6. The predicted molar refractivity (Wildman–Crippen MR) is 349 cm³/mol. The van der Waals surface area contributed by atoms with Gasteiger partial charge in [0.15, 0.2) is 0 Å². The summed E-state index contributed by atoms with van der Waals surface area (Å²) in [5.41, 5.74) is -0.677. The molecule has 0 spiro atoms. The first kappa shape index (κ1) is 91.6. The van der Waals surface area contributed by atoms with Gasteiger partial charge in [0.05, 0.1) is 165 Å². The van der Waals surface area contributed by atoms with Gasteiger partial charge >= 0.3 is 5.97 Å². The van der Waals surface area contributed by atoms with E-state index in [0.717, 1.165) is 44.9 Å². The third-order valence-corrected chi connectivity index (χ3v) is 9.20. The van der Waals surface area contributed by atoms with Crippen LogP contribution in [-0.2, 0) is 80.6 Å². The first-order valence-corrected chi connectivity index (χ1v) is 27.3. The van der Waals surface area contributed by atoms with E-state index in [2.05, 4.69) is 141 Å². The maximum absolute atomic E-state index is 9.75. The minimum Gasteiger partial charge on any atom is -0.502 e. The molecule has 0 fully saturated rings. The third-order valence-electron chi connectivity index (χ3n) is 9.20. The van der Waals surface area contributed by atoms with Crippen molar-refractivity contribution in [1.82, 2.24) is 4.90 Å². The van der Waals surface area contributed by atoms with E-state index in [1.165, 1.54) is 94.6 Å². The first-order chi connectivity index (χ1) is 41.4. The van der Waals surface area contributed by atoms with Crippen molar-refractivity contribution in [2.24, 2.45) is 16.2 Å². The molecule has 1 aromatic carbocycles. The summed E-state index contributed by atoms with van der Waals surface area (Å²) in [4.78, 5) is 12.1. The molecule has 0 aromatic heterocycles. The van der Waals surface area contributed by atoms with Crippen LogP contribution in [0, 0.1) is 16.2 Å².